The number of nitrogens with one attached hydrogen (secondary N) is 1. The average molecular weight is 281 g/mol. The lowest BCUT2D eigenvalue weighted by Gasteiger charge is -2.10. The van der Waals surface area contributed by atoms with Crippen LogP contribution in [0.3, 0.4) is 0 Å². The lowest BCUT2D eigenvalue weighted by atomic mass is 10.3. The zero-order valence-corrected chi connectivity index (χ0v) is 11.8. The molecule has 1 N–H and O–H groups in total. The molecule has 0 aromatic carbocycles. The van der Waals surface area contributed by atoms with Crippen molar-refractivity contribution in [2.75, 3.05) is 5.32 Å². The van der Waals surface area contributed by atoms with Crippen molar-refractivity contribution in [2.24, 2.45) is 0 Å². The van der Waals surface area contributed by atoms with Crippen molar-refractivity contribution in [3.8, 4) is 0 Å². The fourth-order valence-electron chi connectivity index (χ4n) is 1.80. The Morgan fingerprint density at radius 1 is 1.58 bits per heavy atom. The van der Waals surface area contributed by atoms with E-state index >= 15 is 0 Å². The van der Waals surface area contributed by atoms with Gasteiger partial charge in [0.1, 0.15) is 10.7 Å². The maximum atomic E-state index is 11.1. The van der Waals surface area contributed by atoms with Crippen LogP contribution in [0.15, 0.2) is 11.6 Å². The topological polar surface area (TPSA) is 85.9 Å². The molecule has 0 radical (unpaired) electrons. The lowest BCUT2D eigenvalue weighted by Crippen LogP contribution is -2.10. The van der Waals surface area contributed by atoms with Gasteiger partial charge < -0.3 is 5.32 Å². The third-order valence-electron chi connectivity index (χ3n) is 2.62. The third kappa shape index (κ3) is 2.73. The molecule has 2 aromatic rings. The van der Waals surface area contributed by atoms with Gasteiger partial charge in [0.15, 0.2) is 0 Å². The van der Waals surface area contributed by atoms with Crippen LogP contribution in [-0.4, -0.2) is 19.7 Å². The Morgan fingerprint density at radius 2 is 2.32 bits per heavy atom. The van der Waals surface area contributed by atoms with Crippen molar-refractivity contribution >= 4 is 22.8 Å². The van der Waals surface area contributed by atoms with E-state index in [0.29, 0.717) is 18.1 Å². The van der Waals surface area contributed by atoms with Crippen LogP contribution < -0.4 is 5.32 Å². The molecule has 2 rings (SSSR count). The zero-order valence-electron chi connectivity index (χ0n) is 11.0. The van der Waals surface area contributed by atoms with Crippen molar-refractivity contribution in [3.63, 3.8) is 0 Å². The van der Waals surface area contributed by atoms with E-state index in [2.05, 4.69) is 15.4 Å². The number of nitro groups is 1. The van der Waals surface area contributed by atoms with Crippen LogP contribution in [0.4, 0.5) is 11.5 Å². The minimum Gasteiger partial charge on any atom is -0.358 e. The molecule has 0 saturated carbocycles. The van der Waals surface area contributed by atoms with Crippen LogP contribution in [-0.2, 0) is 6.54 Å². The number of thiazole rings is 1. The quantitative estimate of drug-likeness (QED) is 0.672. The maximum Gasteiger partial charge on any atom is 0.333 e. The summed E-state index contributed by atoms with van der Waals surface area (Å²) in [5.41, 5.74) is 0.450. The van der Waals surface area contributed by atoms with Gasteiger partial charge in [-0.15, -0.1) is 11.3 Å². The first-order valence-corrected chi connectivity index (χ1v) is 6.74. The largest absolute Gasteiger partial charge is 0.358 e. The number of anilines is 1. The van der Waals surface area contributed by atoms with Crippen LogP contribution in [0.5, 0.6) is 0 Å². The number of aryl methyl sites for hydroxylation is 1. The predicted molar refractivity (Wildman–Crippen MR) is 73.4 cm³/mol. The molecule has 2 aromatic heterocycles. The van der Waals surface area contributed by atoms with E-state index < -0.39 is 4.92 Å². The molecule has 0 aliphatic rings. The summed E-state index contributed by atoms with van der Waals surface area (Å²) in [6.07, 6.45) is 1.71. The molecule has 0 aliphatic heterocycles. The summed E-state index contributed by atoms with van der Waals surface area (Å²) >= 11 is 1.50. The number of aromatic nitrogens is 3. The molecule has 0 saturated heterocycles. The highest BCUT2D eigenvalue weighted by Gasteiger charge is 2.26. The fourth-order valence-corrected chi connectivity index (χ4v) is 2.35. The monoisotopic (exact) mass is 281 g/mol. The molecule has 0 aliphatic carbocycles. The van der Waals surface area contributed by atoms with Gasteiger partial charge in [-0.2, -0.15) is 5.10 Å². The average Bonchev–Trinajstić information content (AvgIpc) is 2.92. The van der Waals surface area contributed by atoms with E-state index in [1.54, 1.807) is 17.8 Å². The third-order valence-corrected chi connectivity index (χ3v) is 3.40. The lowest BCUT2D eigenvalue weighted by molar-refractivity contribution is -0.384. The van der Waals surface area contributed by atoms with Crippen LogP contribution in [0.25, 0.3) is 0 Å². The van der Waals surface area contributed by atoms with Gasteiger partial charge in [-0.25, -0.2) is 9.67 Å². The molecule has 19 heavy (non-hydrogen) atoms. The first-order chi connectivity index (χ1) is 9.00. The second-order valence-electron chi connectivity index (χ2n) is 4.36. The molecule has 2 heterocycles. The molecular formula is C11H15N5O2S. The zero-order chi connectivity index (χ0) is 14.0. The van der Waals surface area contributed by atoms with Gasteiger partial charge in [0.2, 0.25) is 5.82 Å². The number of nitrogens with zero attached hydrogens (tertiary/aromatic N) is 4. The molecule has 0 fully saturated rings. The normalized spacial score (nSPS) is 10.9. The van der Waals surface area contributed by atoms with Gasteiger partial charge >= 0.3 is 5.69 Å². The highest BCUT2D eigenvalue weighted by Crippen LogP contribution is 2.30. The SMILES string of the molecule is Cc1nn(C(C)C)c(NCc2nccs2)c1[N+](=O)[O-]. The van der Waals surface area contributed by atoms with E-state index in [1.165, 1.54) is 11.3 Å². The summed E-state index contributed by atoms with van der Waals surface area (Å²) in [5.74, 6) is 0.438. The van der Waals surface area contributed by atoms with Gasteiger partial charge in [-0.1, -0.05) is 0 Å². The van der Waals surface area contributed by atoms with Crippen molar-refractivity contribution in [1.29, 1.82) is 0 Å². The van der Waals surface area contributed by atoms with Gasteiger partial charge in [0, 0.05) is 17.6 Å². The standard InChI is InChI=1S/C11H15N5O2S/c1-7(2)15-11(10(16(17)18)8(3)14-15)13-6-9-12-4-5-19-9/h4-5,7,13H,6H2,1-3H3. The molecule has 0 unspecified atom stereocenters. The summed E-state index contributed by atoms with van der Waals surface area (Å²) in [6.45, 7) is 5.97. The Hall–Kier alpha value is -1.96. The van der Waals surface area contributed by atoms with Gasteiger partial charge in [-0.05, 0) is 20.8 Å². The second-order valence-corrected chi connectivity index (χ2v) is 5.34. The summed E-state index contributed by atoms with van der Waals surface area (Å²) in [4.78, 5) is 14.9. The molecular weight excluding hydrogens is 266 g/mol. The Labute approximate surface area is 114 Å². The van der Waals surface area contributed by atoms with E-state index in [-0.39, 0.29) is 11.7 Å². The van der Waals surface area contributed by atoms with Crippen molar-refractivity contribution < 1.29 is 4.92 Å². The first kappa shape index (κ1) is 13.5. The van der Waals surface area contributed by atoms with Crippen LogP contribution in [0, 0.1) is 17.0 Å². The minimum absolute atomic E-state index is 0.0326. The summed E-state index contributed by atoms with van der Waals surface area (Å²) in [5, 5.41) is 21.2. The van der Waals surface area contributed by atoms with Crippen LogP contribution >= 0.6 is 11.3 Å². The van der Waals surface area contributed by atoms with Gasteiger partial charge in [-0.3, -0.25) is 10.1 Å². The number of hydrogen-bond donors (Lipinski definition) is 1. The minimum atomic E-state index is -0.397. The second kappa shape index (κ2) is 5.35. The molecule has 0 amide bonds. The number of rotatable bonds is 5. The fraction of sp³-hybridized carbons (Fsp3) is 0.455. The van der Waals surface area contributed by atoms with E-state index in [1.807, 2.05) is 19.2 Å². The molecule has 0 spiro atoms. The predicted octanol–water partition coefficient (Wildman–Crippen LogP) is 2.75. The van der Waals surface area contributed by atoms with E-state index in [4.69, 9.17) is 0 Å². The Kier molecular flexibility index (Phi) is 3.79. The molecule has 0 atom stereocenters. The summed E-state index contributed by atoms with van der Waals surface area (Å²) in [6, 6.07) is 0.0474. The van der Waals surface area contributed by atoms with Gasteiger partial charge in [0.05, 0.1) is 11.5 Å². The van der Waals surface area contributed by atoms with Crippen molar-refractivity contribution in [3.05, 3.63) is 32.4 Å². The summed E-state index contributed by atoms with van der Waals surface area (Å²) < 4.78 is 1.64. The van der Waals surface area contributed by atoms with Crippen LogP contribution in [0.1, 0.15) is 30.6 Å². The van der Waals surface area contributed by atoms with E-state index in [9.17, 15) is 10.1 Å². The molecule has 8 heteroatoms. The Bertz CT molecular complexity index is 576. The van der Waals surface area contributed by atoms with Crippen molar-refractivity contribution in [1.82, 2.24) is 14.8 Å². The Morgan fingerprint density at radius 3 is 2.84 bits per heavy atom. The molecule has 7 nitrogen and oxygen atoms in total. The van der Waals surface area contributed by atoms with E-state index in [0.717, 1.165) is 5.01 Å². The van der Waals surface area contributed by atoms with Crippen molar-refractivity contribution in [2.45, 2.75) is 33.4 Å². The maximum absolute atomic E-state index is 11.1. The highest BCUT2D eigenvalue weighted by atomic mass is 32.1. The molecule has 0 bridgehead atoms. The first-order valence-electron chi connectivity index (χ1n) is 5.86. The highest BCUT2D eigenvalue weighted by molar-refractivity contribution is 7.09. The summed E-state index contributed by atoms with van der Waals surface area (Å²) in [7, 11) is 0. The Balaban J connectivity index is 2.32. The smallest absolute Gasteiger partial charge is 0.333 e. The van der Waals surface area contributed by atoms with Gasteiger partial charge in [0.25, 0.3) is 0 Å². The van der Waals surface area contributed by atoms with Crippen LogP contribution in [0.2, 0.25) is 0 Å². The number of hydrogen-bond acceptors (Lipinski definition) is 6. The molecule has 102 valence electrons.